The third-order valence-electron chi connectivity index (χ3n) is 3.70. The monoisotopic (exact) mass is 273 g/mol. The molecule has 0 saturated heterocycles. The van der Waals surface area contributed by atoms with Crippen LogP contribution in [0.1, 0.15) is 17.8 Å². The van der Waals surface area contributed by atoms with Crippen LogP contribution in [-0.4, -0.2) is 29.8 Å². The van der Waals surface area contributed by atoms with Crippen molar-refractivity contribution in [3.8, 4) is 5.75 Å². The summed E-state index contributed by atoms with van der Waals surface area (Å²) in [6, 6.07) is 8.74. The Kier molecular flexibility index (Phi) is 5.18. The molecule has 0 aliphatic carbocycles. The van der Waals surface area contributed by atoms with Gasteiger partial charge in [-0.25, -0.2) is 4.98 Å². The first kappa shape index (κ1) is 14.6. The summed E-state index contributed by atoms with van der Waals surface area (Å²) in [4.78, 5) is 4.39. The Morgan fingerprint density at radius 3 is 2.60 bits per heavy atom. The highest BCUT2D eigenvalue weighted by atomic mass is 16.5. The molecule has 108 valence electrons. The molecule has 4 heteroatoms. The molecular weight excluding hydrogens is 250 g/mol. The highest BCUT2D eigenvalue weighted by Crippen LogP contribution is 2.14. The number of benzene rings is 1. The molecule has 0 amide bonds. The maximum absolute atomic E-state index is 5.18. The summed E-state index contributed by atoms with van der Waals surface area (Å²) in [5, 5.41) is 3.38. The second-order valence-corrected chi connectivity index (χ2v) is 5.03. The molecule has 1 N–H and O–H groups in total. The van der Waals surface area contributed by atoms with Gasteiger partial charge in [0.15, 0.2) is 0 Å². The molecule has 0 spiro atoms. The van der Waals surface area contributed by atoms with E-state index in [1.165, 1.54) is 5.56 Å². The second-order valence-electron chi connectivity index (χ2n) is 5.03. The molecule has 1 atom stereocenters. The fraction of sp³-hybridized carbons (Fsp3) is 0.438. The average molecular weight is 273 g/mol. The van der Waals surface area contributed by atoms with Crippen molar-refractivity contribution >= 4 is 0 Å². The van der Waals surface area contributed by atoms with Gasteiger partial charge in [0.2, 0.25) is 0 Å². The van der Waals surface area contributed by atoms with Crippen LogP contribution < -0.4 is 10.1 Å². The van der Waals surface area contributed by atoms with Crippen molar-refractivity contribution in [2.75, 3.05) is 14.2 Å². The number of nitrogens with one attached hydrogen (secondary N) is 1. The highest BCUT2D eigenvalue weighted by molar-refractivity contribution is 5.27. The van der Waals surface area contributed by atoms with Gasteiger partial charge in [-0.3, -0.25) is 0 Å². The Morgan fingerprint density at radius 1 is 1.30 bits per heavy atom. The number of ether oxygens (including phenoxy) is 1. The number of hydrogen-bond acceptors (Lipinski definition) is 3. The van der Waals surface area contributed by atoms with Crippen LogP contribution in [0.5, 0.6) is 5.75 Å². The summed E-state index contributed by atoms with van der Waals surface area (Å²) in [5.74, 6) is 2.03. The summed E-state index contributed by atoms with van der Waals surface area (Å²) in [6.45, 7) is 0. The third-order valence-corrected chi connectivity index (χ3v) is 3.70. The van der Waals surface area contributed by atoms with Crippen molar-refractivity contribution in [3.05, 3.63) is 48.0 Å². The molecule has 2 rings (SSSR count). The molecule has 2 aromatic rings. The molecule has 1 aromatic heterocycles. The van der Waals surface area contributed by atoms with Gasteiger partial charge >= 0.3 is 0 Å². The predicted octanol–water partition coefficient (Wildman–Crippen LogP) is 2.19. The van der Waals surface area contributed by atoms with Crippen molar-refractivity contribution < 1.29 is 4.74 Å². The summed E-state index contributed by atoms with van der Waals surface area (Å²) >= 11 is 0. The molecule has 0 radical (unpaired) electrons. The number of likely N-dealkylation sites (N-methyl/N-ethyl adjacent to an activating group) is 1. The summed E-state index contributed by atoms with van der Waals surface area (Å²) in [7, 11) is 5.75. The fourth-order valence-electron chi connectivity index (χ4n) is 2.30. The molecule has 0 fully saturated rings. The Balaban J connectivity index is 1.88. The summed E-state index contributed by atoms with van der Waals surface area (Å²) < 4.78 is 7.26. The lowest BCUT2D eigenvalue weighted by molar-refractivity contribution is 0.414. The molecule has 0 aliphatic rings. The molecule has 0 saturated carbocycles. The predicted molar refractivity (Wildman–Crippen MR) is 81.1 cm³/mol. The van der Waals surface area contributed by atoms with Crippen LogP contribution in [0.2, 0.25) is 0 Å². The van der Waals surface area contributed by atoms with Crippen LogP contribution in [0.3, 0.4) is 0 Å². The van der Waals surface area contributed by atoms with E-state index in [9.17, 15) is 0 Å². The maximum Gasteiger partial charge on any atom is 0.118 e. The normalized spacial score (nSPS) is 12.3. The number of aromatic nitrogens is 2. The molecular formula is C16H23N3O. The van der Waals surface area contributed by atoms with Gasteiger partial charge in [-0.1, -0.05) is 12.1 Å². The van der Waals surface area contributed by atoms with Gasteiger partial charge in [0.25, 0.3) is 0 Å². The Labute approximate surface area is 120 Å². The number of imidazole rings is 1. The molecule has 4 nitrogen and oxygen atoms in total. The third kappa shape index (κ3) is 3.84. The molecule has 0 bridgehead atoms. The lowest BCUT2D eigenvalue weighted by Crippen LogP contribution is -2.29. The van der Waals surface area contributed by atoms with Crippen LogP contribution in [0.25, 0.3) is 0 Å². The van der Waals surface area contributed by atoms with Crippen molar-refractivity contribution in [1.82, 2.24) is 14.9 Å². The first-order valence-corrected chi connectivity index (χ1v) is 6.99. The van der Waals surface area contributed by atoms with E-state index >= 15 is 0 Å². The molecule has 20 heavy (non-hydrogen) atoms. The average Bonchev–Trinajstić information content (AvgIpc) is 2.89. The number of methoxy groups -OCH3 is 1. The molecule has 1 aromatic carbocycles. The molecule has 0 aliphatic heterocycles. The van der Waals surface area contributed by atoms with Gasteiger partial charge in [-0.05, 0) is 37.6 Å². The second kappa shape index (κ2) is 7.10. The number of rotatable bonds is 7. The number of nitrogens with zero attached hydrogens (tertiary/aromatic N) is 2. The van der Waals surface area contributed by atoms with E-state index in [0.717, 1.165) is 30.8 Å². The zero-order valence-electron chi connectivity index (χ0n) is 12.5. The summed E-state index contributed by atoms with van der Waals surface area (Å²) in [6.07, 6.45) is 6.95. The van der Waals surface area contributed by atoms with E-state index < -0.39 is 0 Å². The largest absolute Gasteiger partial charge is 0.497 e. The summed E-state index contributed by atoms with van der Waals surface area (Å²) in [5.41, 5.74) is 1.34. The molecule has 1 heterocycles. The minimum atomic E-state index is 0.443. The van der Waals surface area contributed by atoms with Gasteiger partial charge in [0.1, 0.15) is 11.6 Å². The Bertz CT molecular complexity index is 519. The van der Waals surface area contributed by atoms with Crippen LogP contribution in [0, 0.1) is 0 Å². The van der Waals surface area contributed by atoms with Crippen LogP contribution in [0.4, 0.5) is 0 Å². The van der Waals surface area contributed by atoms with Crippen molar-refractivity contribution in [3.63, 3.8) is 0 Å². The van der Waals surface area contributed by atoms with Gasteiger partial charge in [-0.15, -0.1) is 0 Å². The van der Waals surface area contributed by atoms with E-state index in [1.54, 1.807) is 7.11 Å². The van der Waals surface area contributed by atoms with Gasteiger partial charge in [-0.2, -0.15) is 0 Å². The maximum atomic E-state index is 5.18. The van der Waals surface area contributed by atoms with E-state index in [2.05, 4.69) is 27.0 Å². The SMILES string of the molecule is CNC(CCc1ccc(OC)cc1)Cc1nccn1C. The zero-order chi connectivity index (χ0) is 14.4. The van der Waals surface area contributed by atoms with E-state index in [-0.39, 0.29) is 0 Å². The zero-order valence-corrected chi connectivity index (χ0v) is 12.5. The highest BCUT2D eigenvalue weighted by Gasteiger charge is 2.10. The lowest BCUT2D eigenvalue weighted by Gasteiger charge is -2.16. The van der Waals surface area contributed by atoms with E-state index in [4.69, 9.17) is 4.74 Å². The minimum Gasteiger partial charge on any atom is -0.497 e. The fourth-order valence-corrected chi connectivity index (χ4v) is 2.30. The van der Waals surface area contributed by atoms with Crippen LogP contribution in [0.15, 0.2) is 36.7 Å². The van der Waals surface area contributed by atoms with E-state index in [0.29, 0.717) is 6.04 Å². The van der Waals surface area contributed by atoms with Crippen LogP contribution >= 0.6 is 0 Å². The van der Waals surface area contributed by atoms with E-state index in [1.807, 2.05) is 38.6 Å². The molecule has 1 unspecified atom stereocenters. The topological polar surface area (TPSA) is 39.1 Å². The van der Waals surface area contributed by atoms with Crippen LogP contribution in [-0.2, 0) is 19.9 Å². The Hall–Kier alpha value is -1.81. The smallest absolute Gasteiger partial charge is 0.118 e. The number of hydrogen-bond donors (Lipinski definition) is 1. The number of aryl methyl sites for hydroxylation is 2. The van der Waals surface area contributed by atoms with Crippen molar-refractivity contribution in [1.29, 1.82) is 0 Å². The standard InChI is InChI=1S/C16H23N3O/c1-17-14(12-16-18-10-11-19(16)2)7-4-13-5-8-15(20-3)9-6-13/h5-6,8-11,14,17H,4,7,12H2,1-3H3. The van der Waals surface area contributed by atoms with Gasteiger partial charge in [0, 0.05) is 31.9 Å². The quantitative estimate of drug-likeness (QED) is 0.840. The van der Waals surface area contributed by atoms with Crippen molar-refractivity contribution in [2.45, 2.75) is 25.3 Å². The Morgan fingerprint density at radius 2 is 2.05 bits per heavy atom. The minimum absolute atomic E-state index is 0.443. The van der Waals surface area contributed by atoms with Gasteiger partial charge < -0.3 is 14.6 Å². The van der Waals surface area contributed by atoms with Gasteiger partial charge in [0.05, 0.1) is 7.11 Å². The lowest BCUT2D eigenvalue weighted by atomic mass is 10.0. The van der Waals surface area contributed by atoms with Crippen molar-refractivity contribution in [2.24, 2.45) is 7.05 Å². The first-order chi connectivity index (χ1) is 9.72. The first-order valence-electron chi connectivity index (χ1n) is 6.99.